The summed E-state index contributed by atoms with van der Waals surface area (Å²) in [7, 11) is 0. The van der Waals surface area contributed by atoms with Gasteiger partial charge in [0.15, 0.2) is 0 Å². The molecule has 1 saturated heterocycles. The number of aliphatic hydroxyl groups excluding tert-OH is 1. The highest BCUT2D eigenvalue weighted by molar-refractivity contribution is 5.82. The Kier molecular flexibility index (Phi) is 7.29. The molecular weight excluding hydrogens is 496 g/mol. The van der Waals surface area contributed by atoms with Crippen molar-refractivity contribution in [3.8, 4) is 0 Å². The van der Waals surface area contributed by atoms with E-state index in [0.717, 1.165) is 60.2 Å². The number of esters is 3. The van der Waals surface area contributed by atoms with Crippen LogP contribution in [0, 0.1) is 82.9 Å². The van der Waals surface area contributed by atoms with E-state index >= 15 is 0 Å². The number of carbonyl (C=O) groups is 3. The summed E-state index contributed by atoms with van der Waals surface area (Å²) in [5, 5.41) is 9.09. The maximum absolute atomic E-state index is 12.6. The van der Waals surface area contributed by atoms with Gasteiger partial charge in [0.1, 0.15) is 6.61 Å². The number of ether oxygens (including phenoxy) is 3. The average molecular weight is 545 g/mol. The van der Waals surface area contributed by atoms with Gasteiger partial charge in [-0.2, -0.15) is 0 Å². The maximum atomic E-state index is 12.6. The molecule has 0 aromatic carbocycles. The Morgan fingerprint density at radius 2 is 1.44 bits per heavy atom. The lowest BCUT2D eigenvalue weighted by Crippen LogP contribution is -2.41. The fourth-order valence-corrected chi connectivity index (χ4v) is 10.8. The van der Waals surface area contributed by atoms with Gasteiger partial charge in [0.2, 0.25) is 6.10 Å². The predicted octanol–water partition coefficient (Wildman–Crippen LogP) is 4.49. The summed E-state index contributed by atoms with van der Waals surface area (Å²) >= 11 is 0. The van der Waals surface area contributed by atoms with Crippen LogP contribution in [0.2, 0.25) is 0 Å². The number of carbonyl (C=O) groups excluding carboxylic acids is 3. The van der Waals surface area contributed by atoms with Crippen LogP contribution in [0.25, 0.3) is 0 Å². The van der Waals surface area contributed by atoms with Gasteiger partial charge in [-0.3, -0.25) is 9.59 Å². The molecule has 0 spiro atoms. The molecule has 6 saturated carbocycles. The molecule has 6 bridgehead atoms. The second-order valence-corrected chi connectivity index (χ2v) is 14.5. The Hall–Kier alpha value is -1.63. The molecule has 0 aromatic heterocycles. The van der Waals surface area contributed by atoms with Gasteiger partial charge in [-0.25, -0.2) is 4.79 Å². The zero-order valence-corrected chi connectivity index (χ0v) is 24.3. The lowest BCUT2D eigenvalue weighted by atomic mass is 9.62. The Morgan fingerprint density at radius 1 is 0.821 bits per heavy atom. The summed E-state index contributed by atoms with van der Waals surface area (Å²) in [5.74, 6) is 8.43. The van der Waals surface area contributed by atoms with Gasteiger partial charge in [0.05, 0.1) is 24.5 Å². The normalized spacial score (nSPS) is 50.8. The maximum Gasteiger partial charge on any atom is 0.347 e. The largest absolute Gasteiger partial charge is 0.463 e. The van der Waals surface area contributed by atoms with Crippen molar-refractivity contribution < 1.29 is 33.7 Å². The first-order chi connectivity index (χ1) is 18.6. The van der Waals surface area contributed by atoms with Crippen LogP contribution in [0.4, 0.5) is 0 Å². The van der Waals surface area contributed by atoms with Gasteiger partial charge in [-0.05, 0) is 110 Å². The van der Waals surface area contributed by atoms with E-state index in [1.807, 2.05) is 0 Å². The standard InChI is InChI=1S/C19H26O4.C13H22O3/c1-8-9(2)12-7-11(8)16-10-5-13(17(12)16)14(6-10)18(20)23-15-3-4-22-19(15)21;1-7(14)6-16-13(15)12-5-10-4-11(12)9(3)8(10)2/h8-17H,3-7H2,1-2H3;7-12,14H,4-6H2,1-3H3. The Balaban J connectivity index is 0.000000153. The van der Waals surface area contributed by atoms with Crippen LogP contribution < -0.4 is 0 Å². The van der Waals surface area contributed by atoms with E-state index in [1.54, 1.807) is 6.92 Å². The van der Waals surface area contributed by atoms with E-state index in [-0.39, 0.29) is 36.4 Å². The van der Waals surface area contributed by atoms with E-state index in [9.17, 15) is 14.4 Å². The monoisotopic (exact) mass is 544 g/mol. The van der Waals surface area contributed by atoms with Gasteiger partial charge < -0.3 is 19.3 Å². The number of rotatable bonds is 5. The average Bonchev–Trinajstić information content (AvgIpc) is 3.74. The zero-order valence-electron chi connectivity index (χ0n) is 24.3. The molecule has 6 aliphatic carbocycles. The third-order valence-electron chi connectivity index (χ3n) is 13.0. The third-order valence-corrected chi connectivity index (χ3v) is 13.0. The van der Waals surface area contributed by atoms with Crippen LogP contribution in [0.5, 0.6) is 0 Å². The van der Waals surface area contributed by atoms with Crippen LogP contribution in [-0.4, -0.2) is 48.4 Å². The first-order valence-corrected chi connectivity index (χ1v) is 15.8. The van der Waals surface area contributed by atoms with Gasteiger partial charge in [0, 0.05) is 6.42 Å². The molecule has 0 radical (unpaired) electrons. The molecule has 0 amide bonds. The van der Waals surface area contributed by atoms with E-state index < -0.39 is 12.2 Å². The van der Waals surface area contributed by atoms with Gasteiger partial charge in [0.25, 0.3) is 0 Å². The minimum absolute atomic E-state index is 0.0384. The molecule has 7 aliphatic rings. The van der Waals surface area contributed by atoms with E-state index in [2.05, 4.69) is 27.7 Å². The fourth-order valence-electron chi connectivity index (χ4n) is 10.8. The molecule has 7 fully saturated rings. The number of fused-ring (bicyclic) bond motifs is 11. The molecule has 7 nitrogen and oxygen atoms in total. The Morgan fingerprint density at radius 3 is 2.05 bits per heavy atom. The molecule has 7 heteroatoms. The fraction of sp³-hybridized carbons (Fsp3) is 0.906. The van der Waals surface area contributed by atoms with Gasteiger partial charge in [-0.15, -0.1) is 0 Å². The summed E-state index contributed by atoms with van der Waals surface area (Å²) in [6.45, 7) is 11.6. The number of cyclic esters (lactones) is 1. The Bertz CT molecular complexity index is 976. The second-order valence-electron chi connectivity index (χ2n) is 14.5. The minimum Gasteiger partial charge on any atom is -0.463 e. The highest BCUT2D eigenvalue weighted by Gasteiger charge is 2.67. The molecule has 16 unspecified atom stereocenters. The predicted molar refractivity (Wildman–Crippen MR) is 143 cm³/mol. The summed E-state index contributed by atoms with van der Waals surface area (Å²) < 4.78 is 15.6. The summed E-state index contributed by atoms with van der Waals surface area (Å²) in [4.78, 5) is 36.1. The minimum atomic E-state index is -0.642. The van der Waals surface area contributed by atoms with Crippen LogP contribution in [0.3, 0.4) is 0 Å². The molecule has 39 heavy (non-hydrogen) atoms. The van der Waals surface area contributed by atoms with Crippen molar-refractivity contribution in [1.82, 2.24) is 0 Å². The lowest BCUT2D eigenvalue weighted by molar-refractivity contribution is -0.166. The molecule has 218 valence electrons. The summed E-state index contributed by atoms with van der Waals surface area (Å²) in [6, 6.07) is 0. The van der Waals surface area contributed by atoms with Crippen molar-refractivity contribution in [1.29, 1.82) is 0 Å². The van der Waals surface area contributed by atoms with Gasteiger partial charge in [-0.1, -0.05) is 27.7 Å². The highest BCUT2D eigenvalue weighted by atomic mass is 16.6. The molecular formula is C32H48O7. The SMILES string of the molecule is CC(O)COC(=O)C1CC2CC1C(C)C2C.CC1C(C)C2CC1C1C3CC(C(=O)OC4CCOC4=O)C(C3)C21. The van der Waals surface area contributed by atoms with Crippen molar-refractivity contribution in [3.05, 3.63) is 0 Å². The first-order valence-electron chi connectivity index (χ1n) is 15.8. The third kappa shape index (κ3) is 4.53. The summed E-state index contributed by atoms with van der Waals surface area (Å²) in [5.41, 5.74) is 0. The van der Waals surface area contributed by atoms with Crippen LogP contribution >= 0.6 is 0 Å². The zero-order chi connectivity index (χ0) is 27.7. The summed E-state index contributed by atoms with van der Waals surface area (Å²) in [6.07, 6.45) is 5.12. The van der Waals surface area contributed by atoms with E-state index in [1.165, 1.54) is 19.3 Å². The van der Waals surface area contributed by atoms with Crippen molar-refractivity contribution in [3.63, 3.8) is 0 Å². The lowest BCUT2D eigenvalue weighted by Gasteiger charge is -2.43. The van der Waals surface area contributed by atoms with Crippen molar-refractivity contribution in [2.45, 2.75) is 85.4 Å². The van der Waals surface area contributed by atoms with Crippen molar-refractivity contribution in [2.75, 3.05) is 13.2 Å². The van der Waals surface area contributed by atoms with Crippen LogP contribution in [-0.2, 0) is 28.6 Å². The van der Waals surface area contributed by atoms with Crippen LogP contribution in [0.15, 0.2) is 0 Å². The van der Waals surface area contributed by atoms with E-state index in [4.69, 9.17) is 19.3 Å². The highest BCUT2D eigenvalue weighted by Crippen LogP contribution is 2.71. The molecule has 1 heterocycles. The van der Waals surface area contributed by atoms with Crippen molar-refractivity contribution >= 4 is 17.9 Å². The molecule has 1 N–H and O–H groups in total. The number of hydrogen-bond donors (Lipinski definition) is 1. The van der Waals surface area contributed by atoms with Crippen LogP contribution in [0.1, 0.15) is 73.1 Å². The van der Waals surface area contributed by atoms with Crippen molar-refractivity contribution in [2.24, 2.45) is 82.9 Å². The second kappa shape index (κ2) is 10.3. The molecule has 16 atom stereocenters. The topological polar surface area (TPSA) is 99.1 Å². The van der Waals surface area contributed by atoms with E-state index in [0.29, 0.717) is 36.7 Å². The molecule has 7 rings (SSSR count). The molecule has 1 aliphatic heterocycles. The molecule has 0 aromatic rings. The quantitative estimate of drug-likeness (QED) is 0.309. The van der Waals surface area contributed by atoms with Gasteiger partial charge >= 0.3 is 17.9 Å². The smallest absolute Gasteiger partial charge is 0.347 e. The first kappa shape index (κ1) is 27.5. The number of hydrogen-bond acceptors (Lipinski definition) is 7. The Labute approximate surface area is 233 Å². The number of aliphatic hydroxyl groups is 1.